The molecule has 0 aliphatic carbocycles. The van der Waals surface area contributed by atoms with Gasteiger partial charge in [0, 0.05) is 25.9 Å². The van der Waals surface area contributed by atoms with Gasteiger partial charge in [-0.25, -0.2) is 0 Å². The van der Waals surface area contributed by atoms with Crippen LogP contribution in [0.2, 0.25) is 0 Å². The lowest BCUT2D eigenvalue weighted by atomic mass is 9.96. The molecule has 108 valence electrons. The zero-order valence-corrected chi connectivity index (χ0v) is 11.4. The lowest BCUT2D eigenvalue weighted by Crippen LogP contribution is -2.41. The molecule has 1 atom stereocenters. The SMILES string of the molecule is COC(=O)C1CCN(C(=O)CC(C)CC(=O)O)CC1. The number of methoxy groups -OCH3 is 1. The summed E-state index contributed by atoms with van der Waals surface area (Å²) >= 11 is 0. The standard InChI is InChI=1S/C13H21NO5/c1-9(8-12(16)17)7-11(15)14-5-3-10(4-6-14)13(18)19-2/h9-10H,3-8H2,1-2H3,(H,16,17). The van der Waals surface area contributed by atoms with Crippen LogP contribution >= 0.6 is 0 Å². The summed E-state index contributed by atoms with van der Waals surface area (Å²) in [6.07, 6.45) is 1.48. The number of ether oxygens (including phenoxy) is 1. The minimum atomic E-state index is -0.885. The highest BCUT2D eigenvalue weighted by atomic mass is 16.5. The van der Waals surface area contributed by atoms with E-state index in [4.69, 9.17) is 5.11 Å². The van der Waals surface area contributed by atoms with Crippen LogP contribution in [0, 0.1) is 11.8 Å². The normalized spacial score (nSPS) is 17.9. The second kappa shape index (κ2) is 7.11. The van der Waals surface area contributed by atoms with Crippen LogP contribution in [0.3, 0.4) is 0 Å². The van der Waals surface area contributed by atoms with Gasteiger partial charge in [-0.3, -0.25) is 14.4 Å². The van der Waals surface area contributed by atoms with Gasteiger partial charge in [0.05, 0.1) is 13.0 Å². The number of carbonyl (C=O) groups is 3. The topological polar surface area (TPSA) is 83.9 Å². The summed E-state index contributed by atoms with van der Waals surface area (Å²) in [5, 5.41) is 8.65. The molecular weight excluding hydrogens is 250 g/mol. The third kappa shape index (κ3) is 4.89. The monoisotopic (exact) mass is 271 g/mol. The maximum atomic E-state index is 12.0. The molecule has 0 radical (unpaired) electrons. The summed E-state index contributed by atoms with van der Waals surface area (Å²) in [5.41, 5.74) is 0. The summed E-state index contributed by atoms with van der Waals surface area (Å²) in [6, 6.07) is 0. The van der Waals surface area contributed by atoms with Crippen molar-refractivity contribution in [2.24, 2.45) is 11.8 Å². The fourth-order valence-corrected chi connectivity index (χ4v) is 2.33. The van der Waals surface area contributed by atoms with Gasteiger partial charge in [-0.2, -0.15) is 0 Å². The van der Waals surface area contributed by atoms with Crippen LogP contribution in [0.25, 0.3) is 0 Å². The molecule has 0 spiro atoms. The first-order chi connectivity index (χ1) is 8.93. The van der Waals surface area contributed by atoms with Crippen molar-refractivity contribution in [3.05, 3.63) is 0 Å². The first-order valence-corrected chi connectivity index (χ1v) is 6.51. The number of hydrogen-bond acceptors (Lipinski definition) is 4. The highest BCUT2D eigenvalue weighted by molar-refractivity contribution is 5.78. The number of carbonyl (C=O) groups excluding carboxylic acids is 2. The van der Waals surface area contributed by atoms with Gasteiger partial charge in [-0.05, 0) is 18.8 Å². The second-order valence-electron chi connectivity index (χ2n) is 5.09. The van der Waals surface area contributed by atoms with Crippen molar-refractivity contribution in [2.75, 3.05) is 20.2 Å². The Labute approximate surface area is 112 Å². The zero-order valence-electron chi connectivity index (χ0n) is 11.4. The molecule has 1 aliphatic rings. The Morgan fingerprint density at radius 2 is 1.84 bits per heavy atom. The van der Waals surface area contributed by atoms with Gasteiger partial charge in [0.2, 0.25) is 5.91 Å². The van der Waals surface area contributed by atoms with Crippen LogP contribution < -0.4 is 0 Å². The molecule has 1 aliphatic heterocycles. The van der Waals surface area contributed by atoms with Crippen LogP contribution in [0.5, 0.6) is 0 Å². The summed E-state index contributed by atoms with van der Waals surface area (Å²) in [4.78, 5) is 35.6. The van der Waals surface area contributed by atoms with Crippen molar-refractivity contribution in [1.29, 1.82) is 0 Å². The van der Waals surface area contributed by atoms with Crippen LogP contribution in [0.4, 0.5) is 0 Å². The first kappa shape index (κ1) is 15.5. The number of likely N-dealkylation sites (tertiary alicyclic amines) is 1. The Bertz CT molecular complexity index is 347. The Morgan fingerprint density at radius 3 is 2.32 bits per heavy atom. The van der Waals surface area contributed by atoms with E-state index >= 15 is 0 Å². The Balaban J connectivity index is 2.36. The number of carboxylic acids is 1. The average molecular weight is 271 g/mol. The highest BCUT2D eigenvalue weighted by Gasteiger charge is 2.28. The molecule has 1 unspecified atom stereocenters. The molecule has 1 heterocycles. The number of piperidine rings is 1. The minimum Gasteiger partial charge on any atom is -0.481 e. The summed E-state index contributed by atoms with van der Waals surface area (Å²) in [5.74, 6) is -1.41. The van der Waals surface area contributed by atoms with E-state index in [1.807, 2.05) is 0 Å². The molecule has 6 heteroatoms. The number of amides is 1. The number of aliphatic carboxylic acids is 1. The van der Waals surface area contributed by atoms with E-state index in [1.165, 1.54) is 7.11 Å². The third-order valence-electron chi connectivity index (χ3n) is 3.43. The van der Waals surface area contributed by atoms with Crippen molar-refractivity contribution in [1.82, 2.24) is 4.90 Å². The van der Waals surface area contributed by atoms with Gasteiger partial charge in [-0.15, -0.1) is 0 Å². The van der Waals surface area contributed by atoms with Gasteiger partial charge in [0.15, 0.2) is 0 Å². The van der Waals surface area contributed by atoms with E-state index in [1.54, 1.807) is 11.8 Å². The van der Waals surface area contributed by atoms with Gasteiger partial charge < -0.3 is 14.7 Å². The number of carboxylic acid groups (broad SMARTS) is 1. The Kier molecular flexibility index (Phi) is 5.79. The van der Waals surface area contributed by atoms with Gasteiger partial charge in [-0.1, -0.05) is 6.92 Å². The molecule has 1 saturated heterocycles. The van der Waals surface area contributed by atoms with E-state index in [0.717, 1.165) is 0 Å². The van der Waals surface area contributed by atoms with Gasteiger partial charge in [0.25, 0.3) is 0 Å². The molecule has 19 heavy (non-hydrogen) atoms. The molecule has 6 nitrogen and oxygen atoms in total. The van der Waals surface area contributed by atoms with Crippen LogP contribution in [0.15, 0.2) is 0 Å². The maximum absolute atomic E-state index is 12.0. The predicted octanol–water partition coefficient (Wildman–Crippen LogP) is 0.899. The van der Waals surface area contributed by atoms with E-state index in [0.29, 0.717) is 25.9 Å². The fraction of sp³-hybridized carbons (Fsp3) is 0.769. The highest BCUT2D eigenvalue weighted by Crippen LogP contribution is 2.20. The lowest BCUT2D eigenvalue weighted by Gasteiger charge is -2.31. The lowest BCUT2D eigenvalue weighted by molar-refractivity contribution is -0.149. The van der Waals surface area contributed by atoms with Crippen molar-refractivity contribution < 1.29 is 24.2 Å². The summed E-state index contributed by atoms with van der Waals surface area (Å²) in [6.45, 7) is 2.84. The fourth-order valence-electron chi connectivity index (χ4n) is 2.33. The number of esters is 1. The molecule has 1 rings (SSSR count). The molecular formula is C13H21NO5. The number of nitrogens with zero attached hydrogens (tertiary/aromatic N) is 1. The summed E-state index contributed by atoms with van der Waals surface area (Å²) < 4.78 is 4.69. The van der Waals surface area contributed by atoms with Crippen molar-refractivity contribution in [3.8, 4) is 0 Å². The van der Waals surface area contributed by atoms with Gasteiger partial charge >= 0.3 is 11.9 Å². The Morgan fingerprint density at radius 1 is 1.26 bits per heavy atom. The minimum absolute atomic E-state index is 0.00433. The maximum Gasteiger partial charge on any atom is 0.308 e. The van der Waals surface area contributed by atoms with Crippen LogP contribution in [-0.4, -0.2) is 48.1 Å². The molecule has 0 aromatic carbocycles. The molecule has 0 aromatic heterocycles. The molecule has 0 saturated carbocycles. The van der Waals surface area contributed by atoms with E-state index in [-0.39, 0.29) is 36.6 Å². The Hall–Kier alpha value is -1.59. The van der Waals surface area contributed by atoms with Crippen molar-refractivity contribution in [3.63, 3.8) is 0 Å². The van der Waals surface area contributed by atoms with Gasteiger partial charge in [0.1, 0.15) is 0 Å². The van der Waals surface area contributed by atoms with E-state index in [9.17, 15) is 14.4 Å². The van der Waals surface area contributed by atoms with E-state index in [2.05, 4.69) is 4.74 Å². The molecule has 1 fully saturated rings. The first-order valence-electron chi connectivity index (χ1n) is 6.51. The largest absolute Gasteiger partial charge is 0.481 e. The molecule has 1 amide bonds. The average Bonchev–Trinajstić information content (AvgIpc) is 2.36. The quantitative estimate of drug-likeness (QED) is 0.751. The molecule has 0 aromatic rings. The van der Waals surface area contributed by atoms with Crippen LogP contribution in [-0.2, 0) is 19.1 Å². The third-order valence-corrected chi connectivity index (χ3v) is 3.43. The summed E-state index contributed by atoms with van der Waals surface area (Å²) in [7, 11) is 1.37. The number of hydrogen-bond donors (Lipinski definition) is 1. The molecule has 0 bridgehead atoms. The predicted molar refractivity (Wildman–Crippen MR) is 67.4 cm³/mol. The second-order valence-corrected chi connectivity index (χ2v) is 5.09. The molecule has 1 N–H and O–H groups in total. The smallest absolute Gasteiger partial charge is 0.308 e. The van der Waals surface area contributed by atoms with Crippen molar-refractivity contribution in [2.45, 2.75) is 32.6 Å². The van der Waals surface area contributed by atoms with Crippen LogP contribution in [0.1, 0.15) is 32.6 Å². The van der Waals surface area contributed by atoms with Crippen molar-refractivity contribution >= 4 is 17.8 Å². The number of rotatable bonds is 5. The zero-order chi connectivity index (χ0) is 14.4. The van der Waals surface area contributed by atoms with E-state index < -0.39 is 5.97 Å².